The van der Waals surface area contributed by atoms with Gasteiger partial charge in [0.25, 0.3) is 0 Å². The van der Waals surface area contributed by atoms with Gasteiger partial charge in [0.15, 0.2) is 0 Å². The topological polar surface area (TPSA) is 78.4 Å². The summed E-state index contributed by atoms with van der Waals surface area (Å²) in [5.41, 5.74) is 2.75. The average molecular weight is 463 g/mol. The van der Waals surface area contributed by atoms with Gasteiger partial charge in [0.1, 0.15) is 5.75 Å². The molecule has 1 aliphatic heterocycles. The van der Waals surface area contributed by atoms with Crippen molar-refractivity contribution in [2.45, 2.75) is 36.6 Å². The summed E-state index contributed by atoms with van der Waals surface area (Å²) in [6.45, 7) is 2.36. The molecule has 148 valence electrons. The number of phenolic OH excluding ortho intramolecular Hbond substituents is 1. The van der Waals surface area contributed by atoms with Gasteiger partial charge in [-0.25, -0.2) is 13.1 Å². The molecule has 7 heteroatoms. The summed E-state index contributed by atoms with van der Waals surface area (Å²) in [4.78, 5) is 0.296. The van der Waals surface area contributed by atoms with E-state index >= 15 is 0 Å². The Kier molecular flexibility index (Phi) is 5.24. The van der Waals surface area contributed by atoms with Crippen LogP contribution in [0.2, 0.25) is 0 Å². The molecule has 2 aromatic rings. The number of halogens is 1. The van der Waals surface area contributed by atoms with E-state index in [-0.39, 0.29) is 23.6 Å². The molecule has 0 aromatic heterocycles. The van der Waals surface area contributed by atoms with Gasteiger partial charge in [-0.3, -0.25) is 0 Å². The van der Waals surface area contributed by atoms with E-state index in [0.29, 0.717) is 11.4 Å². The van der Waals surface area contributed by atoms with E-state index in [2.05, 4.69) is 38.1 Å². The molecule has 0 fully saturated rings. The van der Waals surface area contributed by atoms with Gasteiger partial charge < -0.3 is 10.4 Å². The molecule has 0 spiro atoms. The van der Waals surface area contributed by atoms with Gasteiger partial charge in [0.2, 0.25) is 10.0 Å². The number of nitrogens with one attached hydrogen (secondary N) is 2. The van der Waals surface area contributed by atoms with Crippen molar-refractivity contribution in [3.8, 4) is 5.75 Å². The van der Waals surface area contributed by atoms with Crippen LogP contribution in [0.1, 0.15) is 42.9 Å². The maximum atomic E-state index is 12.5. The van der Waals surface area contributed by atoms with E-state index in [9.17, 15) is 13.5 Å². The van der Waals surface area contributed by atoms with Crippen molar-refractivity contribution in [1.82, 2.24) is 4.72 Å². The summed E-state index contributed by atoms with van der Waals surface area (Å²) in [5.74, 6) is 0.591. The van der Waals surface area contributed by atoms with Crippen molar-refractivity contribution in [1.29, 1.82) is 0 Å². The minimum absolute atomic E-state index is 0.0503. The van der Waals surface area contributed by atoms with Crippen molar-refractivity contribution in [3.63, 3.8) is 0 Å². The first-order valence-corrected chi connectivity index (χ1v) is 11.7. The first-order chi connectivity index (χ1) is 13.4. The molecule has 3 unspecified atom stereocenters. The lowest BCUT2D eigenvalue weighted by Crippen LogP contribution is -2.30. The zero-order valence-corrected chi connectivity index (χ0v) is 17.9. The molecule has 28 heavy (non-hydrogen) atoms. The molecule has 0 radical (unpaired) electrons. The number of aromatic hydroxyl groups is 1. The molecule has 0 bridgehead atoms. The SMILES string of the molecule is CCCNS(=O)(=O)c1ccc2c(c1)C1C=CCC1C(c1cc(Br)ccc1O)N2. The second-order valence-electron chi connectivity index (χ2n) is 7.33. The molecular formula is C21H23BrN2O3S. The predicted octanol–water partition coefficient (Wildman–Crippen LogP) is 4.67. The molecule has 1 heterocycles. The van der Waals surface area contributed by atoms with Crippen LogP contribution in [0.15, 0.2) is 57.9 Å². The van der Waals surface area contributed by atoms with Gasteiger partial charge in [0.05, 0.1) is 10.9 Å². The molecule has 0 saturated heterocycles. The molecule has 3 atom stereocenters. The largest absolute Gasteiger partial charge is 0.508 e. The molecule has 3 N–H and O–H groups in total. The predicted molar refractivity (Wildman–Crippen MR) is 114 cm³/mol. The normalized spacial score (nSPS) is 23.1. The molecule has 0 saturated carbocycles. The van der Waals surface area contributed by atoms with E-state index in [4.69, 9.17) is 0 Å². The fourth-order valence-electron chi connectivity index (χ4n) is 4.14. The molecule has 0 amide bonds. The number of phenols is 1. The van der Waals surface area contributed by atoms with Crippen molar-refractivity contribution >= 4 is 31.6 Å². The van der Waals surface area contributed by atoms with Gasteiger partial charge in [-0.05, 0) is 60.7 Å². The summed E-state index contributed by atoms with van der Waals surface area (Å²) < 4.78 is 28.6. The second-order valence-corrected chi connectivity index (χ2v) is 10.0. The fraction of sp³-hybridized carbons (Fsp3) is 0.333. The van der Waals surface area contributed by atoms with Gasteiger partial charge in [0, 0.05) is 28.2 Å². The third kappa shape index (κ3) is 3.47. The maximum Gasteiger partial charge on any atom is 0.240 e. The van der Waals surface area contributed by atoms with Crippen LogP contribution in [0, 0.1) is 5.92 Å². The van der Waals surface area contributed by atoms with E-state index < -0.39 is 10.0 Å². The average Bonchev–Trinajstić information content (AvgIpc) is 3.17. The van der Waals surface area contributed by atoms with Crippen molar-refractivity contribution in [3.05, 3.63) is 64.1 Å². The summed E-state index contributed by atoms with van der Waals surface area (Å²) in [5, 5.41) is 14.0. The van der Waals surface area contributed by atoms with Gasteiger partial charge in [-0.2, -0.15) is 0 Å². The van der Waals surface area contributed by atoms with E-state index in [0.717, 1.165) is 34.1 Å². The van der Waals surface area contributed by atoms with Crippen molar-refractivity contribution in [2.24, 2.45) is 5.92 Å². The number of rotatable bonds is 5. The van der Waals surface area contributed by atoms with Gasteiger partial charge >= 0.3 is 0 Å². The third-order valence-electron chi connectivity index (χ3n) is 5.51. The lowest BCUT2D eigenvalue weighted by atomic mass is 9.77. The first-order valence-electron chi connectivity index (χ1n) is 9.46. The second kappa shape index (κ2) is 7.54. The van der Waals surface area contributed by atoms with E-state index in [1.807, 2.05) is 25.1 Å². The summed E-state index contributed by atoms with van der Waals surface area (Å²) in [6, 6.07) is 10.7. The van der Waals surface area contributed by atoms with Crippen LogP contribution in [0.5, 0.6) is 5.75 Å². The number of sulfonamides is 1. The molecular weight excluding hydrogens is 440 g/mol. The minimum atomic E-state index is -3.51. The fourth-order valence-corrected chi connectivity index (χ4v) is 5.69. The Hall–Kier alpha value is -1.83. The van der Waals surface area contributed by atoms with Crippen LogP contribution < -0.4 is 10.0 Å². The molecule has 1 aliphatic carbocycles. The van der Waals surface area contributed by atoms with Crippen LogP contribution in [-0.2, 0) is 10.0 Å². The summed E-state index contributed by atoms with van der Waals surface area (Å²) in [7, 11) is -3.51. The smallest absolute Gasteiger partial charge is 0.240 e. The van der Waals surface area contributed by atoms with Crippen LogP contribution in [0.4, 0.5) is 5.69 Å². The Labute approximate surface area is 174 Å². The van der Waals surface area contributed by atoms with E-state index in [1.54, 1.807) is 18.2 Å². The Bertz CT molecular complexity index is 1040. The first kappa shape index (κ1) is 19.5. The maximum absolute atomic E-state index is 12.5. The molecule has 4 rings (SSSR count). The van der Waals surface area contributed by atoms with Gasteiger partial charge in [-0.15, -0.1) is 0 Å². The summed E-state index contributed by atoms with van der Waals surface area (Å²) in [6.07, 6.45) is 5.92. The highest BCUT2D eigenvalue weighted by Gasteiger charge is 2.39. The lowest BCUT2D eigenvalue weighted by Gasteiger charge is -2.38. The number of anilines is 1. The Morgan fingerprint density at radius 3 is 2.82 bits per heavy atom. The highest BCUT2D eigenvalue weighted by atomic mass is 79.9. The number of fused-ring (bicyclic) bond motifs is 3. The van der Waals surface area contributed by atoms with Crippen LogP contribution in [0.3, 0.4) is 0 Å². The number of benzene rings is 2. The quantitative estimate of drug-likeness (QED) is 0.564. The highest BCUT2D eigenvalue weighted by molar-refractivity contribution is 9.10. The molecule has 2 aliphatic rings. The third-order valence-corrected chi connectivity index (χ3v) is 7.46. The van der Waals surface area contributed by atoms with Gasteiger partial charge in [-0.1, -0.05) is 35.0 Å². The monoisotopic (exact) mass is 462 g/mol. The van der Waals surface area contributed by atoms with Crippen LogP contribution >= 0.6 is 15.9 Å². The van der Waals surface area contributed by atoms with Crippen molar-refractivity contribution < 1.29 is 13.5 Å². The van der Waals surface area contributed by atoms with Crippen molar-refractivity contribution in [2.75, 3.05) is 11.9 Å². The number of allylic oxidation sites excluding steroid dienone is 2. The standard InChI is InChI=1S/C21H23BrN2O3S/c1-2-10-23-28(26,27)14-7-8-19-17(12-14)15-4-3-5-16(15)21(24-19)18-11-13(22)6-9-20(18)25/h3-4,6-9,11-12,15-16,21,23-25H,2,5,10H2,1H3. The highest BCUT2D eigenvalue weighted by Crippen LogP contribution is 2.51. The van der Waals surface area contributed by atoms with E-state index in [1.165, 1.54) is 0 Å². The van der Waals surface area contributed by atoms with Crippen LogP contribution in [-0.4, -0.2) is 20.1 Å². The number of hydrogen-bond donors (Lipinski definition) is 3. The zero-order valence-electron chi connectivity index (χ0n) is 15.5. The number of hydrogen-bond acceptors (Lipinski definition) is 4. The minimum Gasteiger partial charge on any atom is -0.508 e. The Morgan fingerprint density at radius 1 is 1.21 bits per heavy atom. The summed E-state index contributed by atoms with van der Waals surface area (Å²) >= 11 is 3.49. The Balaban J connectivity index is 1.74. The molecule has 2 aromatic carbocycles. The van der Waals surface area contributed by atoms with Crippen LogP contribution in [0.25, 0.3) is 0 Å². The zero-order chi connectivity index (χ0) is 19.9. The lowest BCUT2D eigenvalue weighted by molar-refractivity contribution is 0.402. The molecule has 5 nitrogen and oxygen atoms in total. The Morgan fingerprint density at radius 2 is 2.04 bits per heavy atom.